The molecule has 1 aromatic rings. The molecule has 22 heavy (non-hydrogen) atoms. The van der Waals surface area contributed by atoms with Gasteiger partial charge >= 0.3 is 5.97 Å². The van der Waals surface area contributed by atoms with Crippen LogP contribution in [-0.4, -0.2) is 27.9 Å². The molecule has 4 nitrogen and oxygen atoms in total. The number of carboxylic acids is 1. The molecule has 0 saturated heterocycles. The van der Waals surface area contributed by atoms with E-state index in [0.717, 1.165) is 5.56 Å². The minimum Gasteiger partial charge on any atom is -0.478 e. The molecular weight excluding hydrogens is 322 g/mol. The van der Waals surface area contributed by atoms with E-state index in [2.05, 4.69) is 4.99 Å². The number of allylic oxidation sites excluding steroid dienone is 1. The number of benzene rings is 1. The summed E-state index contributed by atoms with van der Waals surface area (Å²) < 4.78 is 0. The van der Waals surface area contributed by atoms with Crippen LogP contribution in [0.15, 0.2) is 58.0 Å². The molecular formula is C16H10ClNO3S. The van der Waals surface area contributed by atoms with Gasteiger partial charge in [-0.05, 0) is 23.8 Å². The summed E-state index contributed by atoms with van der Waals surface area (Å²) >= 11 is 7.43. The molecule has 0 fully saturated rings. The van der Waals surface area contributed by atoms with E-state index in [9.17, 15) is 9.59 Å². The van der Waals surface area contributed by atoms with Crippen molar-refractivity contribution in [3.8, 4) is 0 Å². The van der Waals surface area contributed by atoms with Crippen LogP contribution in [0, 0.1) is 0 Å². The number of aliphatic imine (C=N–C) groups is 1. The van der Waals surface area contributed by atoms with E-state index in [4.69, 9.17) is 16.7 Å². The zero-order chi connectivity index (χ0) is 15.7. The lowest BCUT2D eigenvalue weighted by atomic mass is 10.0. The van der Waals surface area contributed by atoms with Crippen LogP contribution in [0.25, 0.3) is 6.08 Å². The molecule has 2 aliphatic rings. The highest BCUT2D eigenvalue weighted by Gasteiger charge is 2.28. The summed E-state index contributed by atoms with van der Waals surface area (Å²) in [7, 11) is 0. The van der Waals surface area contributed by atoms with E-state index in [-0.39, 0.29) is 16.7 Å². The van der Waals surface area contributed by atoms with Crippen molar-refractivity contribution < 1.29 is 14.7 Å². The highest BCUT2D eigenvalue weighted by atomic mass is 35.5. The van der Waals surface area contributed by atoms with Crippen molar-refractivity contribution in [3.05, 3.63) is 63.6 Å². The third kappa shape index (κ3) is 2.91. The van der Waals surface area contributed by atoms with Crippen LogP contribution >= 0.6 is 23.4 Å². The Morgan fingerprint density at radius 2 is 2.14 bits per heavy atom. The van der Waals surface area contributed by atoms with Gasteiger partial charge in [-0.2, -0.15) is 0 Å². The SMILES string of the molecule is O=C(O)C1=CC2=NC(=O)/C(=C\c3ccccc3Cl)SC2C=C1. The average molecular weight is 332 g/mol. The number of carbonyl (C=O) groups is 2. The Kier molecular flexibility index (Phi) is 4.00. The third-order valence-corrected chi connectivity index (χ3v) is 4.72. The Hall–Kier alpha value is -2.11. The highest BCUT2D eigenvalue weighted by molar-refractivity contribution is 8.05. The predicted octanol–water partition coefficient (Wildman–Crippen LogP) is 3.34. The van der Waals surface area contributed by atoms with Crippen LogP contribution in [0.2, 0.25) is 5.02 Å². The number of nitrogens with zero attached hydrogens (tertiary/aromatic N) is 1. The van der Waals surface area contributed by atoms with E-state index < -0.39 is 5.97 Å². The fourth-order valence-electron chi connectivity index (χ4n) is 2.10. The topological polar surface area (TPSA) is 66.7 Å². The number of thioether (sulfide) groups is 1. The Morgan fingerprint density at radius 3 is 2.86 bits per heavy atom. The largest absolute Gasteiger partial charge is 0.478 e. The molecule has 1 heterocycles. The van der Waals surface area contributed by atoms with Gasteiger partial charge in [0.15, 0.2) is 0 Å². The van der Waals surface area contributed by atoms with Crippen LogP contribution in [-0.2, 0) is 9.59 Å². The normalized spacial score (nSPS) is 22.1. The van der Waals surface area contributed by atoms with Crippen LogP contribution in [0.3, 0.4) is 0 Å². The fourth-order valence-corrected chi connectivity index (χ4v) is 3.30. The third-order valence-electron chi connectivity index (χ3n) is 3.18. The molecule has 0 radical (unpaired) electrons. The van der Waals surface area contributed by atoms with Crippen LogP contribution in [0.5, 0.6) is 0 Å². The van der Waals surface area contributed by atoms with Gasteiger partial charge in [0.2, 0.25) is 0 Å². The first-order valence-corrected chi connectivity index (χ1v) is 7.69. The molecule has 0 spiro atoms. The quantitative estimate of drug-likeness (QED) is 0.844. The number of amides is 1. The van der Waals surface area contributed by atoms with E-state index in [1.165, 1.54) is 23.9 Å². The maximum absolute atomic E-state index is 12.1. The molecule has 1 aliphatic heterocycles. The molecule has 1 unspecified atom stereocenters. The van der Waals surface area contributed by atoms with Crippen molar-refractivity contribution in [1.82, 2.24) is 0 Å². The lowest BCUT2D eigenvalue weighted by Gasteiger charge is -2.21. The van der Waals surface area contributed by atoms with Crippen molar-refractivity contribution in [2.75, 3.05) is 0 Å². The van der Waals surface area contributed by atoms with Crippen molar-refractivity contribution >= 4 is 47.0 Å². The van der Waals surface area contributed by atoms with Gasteiger partial charge in [0.1, 0.15) is 0 Å². The van der Waals surface area contributed by atoms with Crippen molar-refractivity contribution in [3.63, 3.8) is 0 Å². The minimum absolute atomic E-state index is 0.127. The minimum atomic E-state index is -1.03. The molecule has 1 amide bonds. The second kappa shape index (κ2) is 5.94. The number of fused-ring (bicyclic) bond motifs is 1. The summed E-state index contributed by atoms with van der Waals surface area (Å²) in [5.41, 5.74) is 1.34. The maximum Gasteiger partial charge on any atom is 0.335 e. The smallest absolute Gasteiger partial charge is 0.335 e. The van der Waals surface area contributed by atoms with E-state index in [1.807, 2.05) is 18.2 Å². The monoisotopic (exact) mass is 331 g/mol. The number of hydrogen-bond donors (Lipinski definition) is 1. The molecule has 1 aliphatic carbocycles. The van der Waals surface area contributed by atoms with E-state index >= 15 is 0 Å². The molecule has 0 saturated carbocycles. The molecule has 6 heteroatoms. The number of carboxylic acid groups (broad SMARTS) is 1. The number of rotatable bonds is 2. The molecule has 0 bridgehead atoms. The summed E-state index contributed by atoms with van der Waals surface area (Å²) in [6, 6.07) is 7.23. The number of hydrogen-bond acceptors (Lipinski definition) is 3. The fraction of sp³-hybridized carbons (Fsp3) is 0.0625. The van der Waals surface area contributed by atoms with Crippen molar-refractivity contribution in [2.45, 2.75) is 5.25 Å². The summed E-state index contributed by atoms with van der Waals surface area (Å²) in [6.45, 7) is 0. The molecule has 0 aromatic heterocycles. The zero-order valence-corrected chi connectivity index (χ0v) is 12.8. The van der Waals surface area contributed by atoms with Crippen molar-refractivity contribution in [2.24, 2.45) is 4.99 Å². The van der Waals surface area contributed by atoms with Gasteiger partial charge in [0.05, 0.1) is 21.4 Å². The summed E-state index contributed by atoms with van der Waals surface area (Å²) in [6.07, 6.45) is 6.41. The van der Waals surface area contributed by atoms with Gasteiger partial charge in [-0.15, -0.1) is 11.8 Å². The van der Waals surface area contributed by atoms with Gasteiger partial charge < -0.3 is 5.11 Å². The molecule has 1 aromatic carbocycles. The molecule has 3 rings (SSSR count). The van der Waals surface area contributed by atoms with Gasteiger partial charge in [-0.25, -0.2) is 9.79 Å². The summed E-state index contributed by atoms with van der Waals surface area (Å²) in [5, 5.41) is 9.38. The van der Waals surface area contributed by atoms with Gasteiger partial charge in [-0.1, -0.05) is 42.0 Å². The first-order chi connectivity index (χ1) is 10.5. The second-order valence-corrected chi connectivity index (χ2v) is 6.26. The standard InChI is InChI=1S/C16H10ClNO3S/c17-11-4-2-1-3-9(11)8-14-15(19)18-12-7-10(16(20)21)5-6-13(12)22-14/h1-8,13H,(H,20,21)/b14-8+. The van der Waals surface area contributed by atoms with Crippen LogP contribution < -0.4 is 0 Å². The first-order valence-electron chi connectivity index (χ1n) is 6.43. The second-order valence-electron chi connectivity index (χ2n) is 4.67. The van der Waals surface area contributed by atoms with Crippen LogP contribution in [0.1, 0.15) is 5.56 Å². The molecule has 110 valence electrons. The lowest BCUT2D eigenvalue weighted by Crippen LogP contribution is -2.24. The number of aliphatic carboxylic acids is 1. The summed E-state index contributed by atoms with van der Waals surface area (Å²) in [5.74, 6) is -1.42. The Bertz CT molecular complexity index is 792. The Morgan fingerprint density at radius 1 is 1.36 bits per heavy atom. The average Bonchev–Trinajstić information content (AvgIpc) is 2.49. The molecule has 1 N–H and O–H groups in total. The van der Waals surface area contributed by atoms with Gasteiger partial charge in [0, 0.05) is 5.02 Å². The number of halogens is 1. The van der Waals surface area contributed by atoms with Gasteiger partial charge in [-0.3, -0.25) is 4.79 Å². The first kappa shape index (κ1) is 14.8. The lowest BCUT2D eigenvalue weighted by molar-refractivity contribution is -0.132. The summed E-state index contributed by atoms with van der Waals surface area (Å²) in [4.78, 5) is 27.6. The van der Waals surface area contributed by atoms with Crippen LogP contribution in [0.4, 0.5) is 0 Å². The highest BCUT2D eigenvalue weighted by Crippen LogP contribution is 2.34. The maximum atomic E-state index is 12.1. The predicted molar refractivity (Wildman–Crippen MR) is 88.1 cm³/mol. The Labute approximate surface area is 135 Å². The van der Waals surface area contributed by atoms with E-state index in [1.54, 1.807) is 18.2 Å². The zero-order valence-electron chi connectivity index (χ0n) is 11.2. The van der Waals surface area contributed by atoms with Gasteiger partial charge in [0.25, 0.3) is 5.91 Å². The van der Waals surface area contributed by atoms with Crippen molar-refractivity contribution in [1.29, 1.82) is 0 Å². The van der Waals surface area contributed by atoms with E-state index in [0.29, 0.717) is 15.6 Å². The molecule has 1 atom stereocenters. The Balaban J connectivity index is 1.95. The number of carbonyl (C=O) groups excluding carboxylic acids is 1.